The minimum absolute atomic E-state index is 0.0775. The van der Waals surface area contributed by atoms with Crippen molar-refractivity contribution in [1.82, 2.24) is 9.55 Å². The molecule has 0 aromatic carbocycles. The van der Waals surface area contributed by atoms with Crippen LogP contribution in [0.3, 0.4) is 0 Å². The number of nitrogens with zero attached hydrogens (tertiary/aromatic N) is 2. The highest BCUT2D eigenvalue weighted by molar-refractivity contribution is 5.05. The molecule has 0 saturated heterocycles. The summed E-state index contributed by atoms with van der Waals surface area (Å²) in [5, 5.41) is 0. The topological polar surface area (TPSA) is 43.8 Å². The molecule has 0 amide bonds. The third kappa shape index (κ3) is 3.23. The maximum absolute atomic E-state index is 12.2. The Bertz CT molecular complexity index is 317. The zero-order valence-electron chi connectivity index (χ0n) is 8.62. The molecule has 0 radical (unpaired) electrons. The van der Waals surface area contributed by atoms with E-state index in [1.807, 2.05) is 13.8 Å². The predicted octanol–water partition coefficient (Wildman–Crippen LogP) is 2.10. The van der Waals surface area contributed by atoms with Crippen molar-refractivity contribution >= 4 is 0 Å². The zero-order valence-corrected chi connectivity index (χ0v) is 8.62. The van der Waals surface area contributed by atoms with Gasteiger partial charge in [-0.05, 0) is 5.92 Å². The van der Waals surface area contributed by atoms with Crippen LogP contribution in [0.1, 0.15) is 25.6 Å². The van der Waals surface area contributed by atoms with E-state index in [9.17, 15) is 13.2 Å². The van der Waals surface area contributed by atoms with Gasteiger partial charge in [-0.15, -0.1) is 0 Å². The lowest BCUT2D eigenvalue weighted by Gasteiger charge is -2.18. The molecule has 0 fully saturated rings. The number of hydrogen-bond acceptors (Lipinski definition) is 2. The molecule has 1 heterocycles. The summed E-state index contributed by atoms with van der Waals surface area (Å²) in [6, 6.07) is -0.421. The van der Waals surface area contributed by atoms with Gasteiger partial charge in [-0.2, -0.15) is 13.2 Å². The van der Waals surface area contributed by atoms with Crippen molar-refractivity contribution in [3.8, 4) is 0 Å². The van der Waals surface area contributed by atoms with E-state index in [1.54, 1.807) is 0 Å². The van der Waals surface area contributed by atoms with Gasteiger partial charge in [0.15, 0.2) is 0 Å². The zero-order chi connectivity index (χ0) is 11.6. The summed E-state index contributed by atoms with van der Waals surface area (Å²) in [5.74, 6) is 0.0775. The summed E-state index contributed by atoms with van der Waals surface area (Å²) < 4.78 is 37.6. The minimum Gasteiger partial charge on any atom is -0.324 e. The first-order valence-corrected chi connectivity index (χ1v) is 4.63. The molecule has 2 N–H and O–H groups in total. The van der Waals surface area contributed by atoms with E-state index >= 15 is 0 Å². The Morgan fingerprint density at radius 2 is 2.07 bits per heavy atom. The summed E-state index contributed by atoms with van der Waals surface area (Å²) in [5.41, 5.74) is 6.19. The highest BCUT2D eigenvalue weighted by atomic mass is 19.4. The van der Waals surface area contributed by atoms with Gasteiger partial charge in [-0.25, -0.2) is 4.98 Å². The van der Waals surface area contributed by atoms with Crippen LogP contribution in [0.5, 0.6) is 0 Å². The number of halogens is 3. The average molecular weight is 221 g/mol. The second kappa shape index (κ2) is 4.22. The Hall–Kier alpha value is -1.04. The monoisotopic (exact) mass is 221 g/mol. The SMILES string of the molecule is CC(C)C(N)c1cncn1CC(F)(F)F. The normalized spacial score (nSPS) is 14.6. The second-order valence-corrected chi connectivity index (χ2v) is 3.83. The maximum Gasteiger partial charge on any atom is 0.406 e. The first-order valence-electron chi connectivity index (χ1n) is 4.63. The van der Waals surface area contributed by atoms with E-state index in [0.717, 1.165) is 10.9 Å². The standard InChI is InChI=1S/C9H14F3N3/c1-6(2)8(13)7-3-14-5-15(7)4-9(10,11)12/h3,5-6,8H,4,13H2,1-2H3. The van der Waals surface area contributed by atoms with E-state index in [-0.39, 0.29) is 5.92 Å². The Morgan fingerprint density at radius 1 is 1.47 bits per heavy atom. The number of imidazole rings is 1. The van der Waals surface area contributed by atoms with Crippen molar-refractivity contribution in [2.45, 2.75) is 32.6 Å². The Morgan fingerprint density at radius 3 is 2.53 bits per heavy atom. The van der Waals surface area contributed by atoms with Crippen LogP contribution in [-0.4, -0.2) is 15.7 Å². The molecule has 1 atom stereocenters. The van der Waals surface area contributed by atoms with Crippen LogP contribution in [0.25, 0.3) is 0 Å². The van der Waals surface area contributed by atoms with Crippen LogP contribution >= 0.6 is 0 Å². The van der Waals surface area contributed by atoms with Crippen molar-refractivity contribution in [2.24, 2.45) is 11.7 Å². The number of nitrogens with two attached hydrogens (primary N) is 1. The smallest absolute Gasteiger partial charge is 0.324 e. The van der Waals surface area contributed by atoms with Gasteiger partial charge in [-0.3, -0.25) is 0 Å². The lowest BCUT2D eigenvalue weighted by molar-refractivity contribution is -0.141. The number of aromatic nitrogens is 2. The summed E-state index contributed by atoms with van der Waals surface area (Å²) in [6.45, 7) is 2.67. The van der Waals surface area contributed by atoms with E-state index in [1.165, 1.54) is 6.20 Å². The fourth-order valence-corrected chi connectivity index (χ4v) is 1.28. The van der Waals surface area contributed by atoms with Gasteiger partial charge in [-0.1, -0.05) is 13.8 Å². The highest BCUT2D eigenvalue weighted by Gasteiger charge is 2.29. The molecule has 0 aliphatic carbocycles. The van der Waals surface area contributed by atoms with Gasteiger partial charge < -0.3 is 10.3 Å². The Kier molecular flexibility index (Phi) is 3.38. The van der Waals surface area contributed by atoms with Crippen molar-refractivity contribution in [2.75, 3.05) is 0 Å². The van der Waals surface area contributed by atoms with Crippen molar-refractivity contribution in [3.05, 3.63) is 18.2 Å². The lowest BCUT2D eigenvalue weighted by atomic mass is 10.0. The molecule has 6 heteroatoms. The molecule has 1 unspecified atom stereocenters. The Labute approximate surface area is 86.1 Å². The summed E-state index contributed by atoms with van der Waals surface area (Å²) >= 11 is 0. The molecule has 0 saturated carbocycles. The maximum atomic E-state index is 12.2. The first kappa shape index (κ1) is 12.0. The average Bonchev–Trinajstić information content (AvgIpc) is 2.47. The minimum atomic E-state index is -4.24. The number of hydrogen-bond donors (Lipinski definition) is 1. The molecule has 15 heavy (non-hydrogen) atoms. The second-order valence-electron chi connectivity index (χ2n) is 3.83. The fraction of sp³-hybridized carbons (Fsp3) is 0.667. The molecular formula is C9H14F3N3. The summed E-state index contributed by atoms with van der Waals surface area (Å²) in [6.07, 6.45) is -1.70. The first-order chi connectivity index (χ1) is 6.81. The number of rotatable bonds is 3. The van der Waals surface area contributed by atoms with Crippen LogP contribution in [0.15, 0.2) is 12.5 Å². The highest BCUT2D eigenvalue weighted by Crippen LogP contribution is 2.23. The van der Waals surface area contributed by atoms with Crippen molar-refractivity contribution in [3.63, 3.8) is 0 Å². The molecule has 1 aromatic rings. The van der Waals surface area contributed by atoms with Crippen LogP contribution < -0.4 is 5.73 Å². The summed E-state index contributed by atoms with van der Waals surface area (Å²) in [7, 11) is 0. The van der Waals surface area contributed by atoms with Gasteiger partial charge in [0.25, 0.3) is 0 Å². The quantitative estimate of drug-likeness (QED) is 0.849. The largest absolute Gasteiger partial charge is 0.406 e. The third-order valence-corrected chi connectivity index (χ3v) is 2.15. The predicted molar refractivity (Wildman–Crippen MR) is 50.0 cm³/mol. The Balaban J connectivity index is 2.87. The van der Waals surface area contributed by atoms with Crippen molar-refractivity contribution < 1.29 is 13.2 Å². The number of alkyl halides is 3. The van der Waals surface area contributed by atoms with E-state index in [2.05, 4.69) is 4.98 Å². The molecule has 3 nitrogen and oxygen atoms in total. The van der Waals surface area contributed by atoms with Crippen LogP contribution in [0.4, 0.5) is 13.2 Å². The van der Waals surface area contributed by atoms with E-state index < -0.39 is 18.8 Å². The van der Waals surface area contributed by atoms with E-state index in [4.69, 9.17) is 5.73 Å². The van der Waals surface area contributed by atoms with Crippen molar-refractivity contribution in [1.29, 1.82) is 0 Å². The molecule has 86 valence electrons. The van der Waals surface area contributed by atoms with Gasteiger partial charge in [0, 0.05) is 12.2 Å². The molecule has 1 aromatic heterocycles. The molecule has 0 aliphatic heterocycles. The van der Waals surface area contributed by atoms with Gasteiger partial charge in [0.2, 0.25) is 0 Å². The lowest BCUT2D eigenvalue weighted by Crippen LogP contribution is -2.24. The van der Waals surface area contributed by atoms with Crippen LogP contribution in [0, 0.1) is 5.92 Å². The van der Waals surface area contributed by atoms with Gasteiger partial charge in [0.05, 0.1) is 12.0 Å². The van der Waals surface area contributed by atoms with Gasteiger partial charge in [0.1, 0.15) is 6.54 Å². The molecule has 0 aliphatic rings. The van der Waals surface area contributed by atoms with Crippen LogP contribution in [-0.2, 0) is 6.54 Å². The summed E-state index contributed by atoms with van der Waals surface area (Å²) in [4.78, 5) is 3.69. The molecule has 0 bridgehead atoms. The molecular weight excluding hydrogens is 207 g/mol. The van der Waals surface area contributed by atoms with E-state index in [0.29, 0.717) is 5.69 Å². The van der Waals surface area contributed by atoms with Crippen LogP contribution in [0.2, 0.25) is 0 Å². The third-order valence-electron chi connectivity index (χ3n) is 2.15. The van der Waals surface area contributed by atoms with Gasteiger partial charge >= 0.3 is 6.18 Å². The fourth-order valence-electron chi connectivity index (χ4n) is 1.28. The molecule has 0 spiro atoms. The molecule has 1 rings (SSSR count).